The molecule has 98 valence electrons. The van der Waals surface area contributed by atoms with Gasteiger partial charge in [0.05, 0.1) is 6.04 Å². The average molecular weight is 262 g/mol. The molecule has 0 radical (unpaired) electrons. The van der Waals surface area contributed by atoms with Gasteiger partial charge in [-0.15, -0.1) is 0 Å². The summed E-state index contributed by atoms with van der Waals surface area (Å²) in [6, 6.07) is 6.36. The third-order valence-corrected chi connectivity index (χ3v) is 2.74. The molecule has 5 heteroatoms. The first-order valence-electron chi connectivity index (χ1n) is 5.74. The molecule has 3 nitrogen and oxygen atoms in total. The van der Waals surface area contributed by atoms with Crippen molar-refractivity contribution in [2.24, 2.45) is 0 Å². The number of aromatic nitrogens is 1. The zero-order valence-electron chi connectivity index (χ0n) is 10.2. The van der Waals surface area contributed by atoms with E-state index in [0.717, 1.165) is 17.7 Å². The van der Waals surface area contributed by atoms with E-state index in [2.05, 4.69) is 10.3 Å². The van der Waals surface area contributed by atoms with E-state index in [9.17, 15) is 13.6 Å². The van der Waals surface area contributed by atoms with Crippen LogP contribution in [0.25, 0.3) is 0 Å². The van der Waals surface area contributed by atoms with Crippen molar-refractivity contribution in [3.05, 3.63) is 65.5 Å². The molecule has 0 aliphatic rings. The molecule has 0 bridgehead atoms. The van der Waals surface area contributed by atoms with Gasteiger partial charge < -0.3 is 5.32 Å². The zero-order valence-corrected chi connectivity index (χ0v) is 10.2. The minimum Gasteiger partial charge on any atom is -0.346 e. The lowest BCUT2D eigenvalue weighted by molar-refractivity contribution is 0.0939. The Hall–Kier alpha value is -2.30. The molecule has 1 N–H and O–H groups in total. The molecule has 1 heterocycles. The maximum absolute atomic E-state index is 13.0. The molecule has 2 rings (SSSR count). The predicted octanol–water partition coefficient (Wildman–Crippen LogP) is 2.85. The van der Waals surface area contributed by atoms with Crippen LogP contribution in [0.2, 0.25) is 0 Å². The van der Waals surface area contributed by atoms with Gasteiger partial charge in [0.15, 0.2) is 11.6 Å². The van der Waals surface area contributed by atoms with E-state index < -0.39 is 17.5 Å². The summed E-state index contributed by atoms with van der Waals surface area (Å²) < 4.78 is 25.8. The number of rotatable bonds is 3. The number of nitrogens with zero attached hydrogens (tertiary/aromatic N) is 1. The van der Waals surface area contributed by atoms with Crippen molar-refractivity contribution < 1.29 is 13.6 Å². The summed E-state index contributed by atoms with van der Waals surface area (Å²) in [5.41, 5.74) is 0.964. The van der Waals surface area contributed by atoms with Gasteiger partial charge in [0.25, 0.3) is 5.91 Å². The topological polar surface area (TPSA) is 42.0 Å². The van der Waals surface area contributed by atoms with Gasteiger partial charge in [-0.1, -0.05) is 0 Å². The van der Waals surface area contributed by atoms with E-state index in [1.165, 1.54) is 6.07 Å². The molecule has 1 aromatic carbocycles. The number of carbonyl (C=O) groups excluding carboxylic acids is 1. The number of pyridine rings is 1. The molecule has 0 aliphatic heterocycles. The van der Waals surface area contributed by atoms with Crippen LogP contribution in [-0.2, 0) is 0 Å². The maximum Gasteiger partial charge on any atom is 0.251 e. The lowest BCUT2D eigenvalue weighted by Gasteiger charge is -2.14. The van der Waals surface area contributed by atoms with Gasteiger partial charge in [0.2, 0.25) is 0 Å². The number of hydrogen-bond donors (Lipinski definition) is 1. The fraction of sp³-hybridized carbons (Fsp3) is 0.143. The third-order valence-electron chi connectivity index (χ3n) is 2.74. The fourth-order valence-corrected chi connectivity index (χ4v) is 1.65. The Bertz CT molecular complexity index is 587. The Kier molecular flexibility index (Phi) is 3.85. The number of nitrogens with one attached hydrogen (secondary N) is 1. The summed E-state index contributed by atoms with van der Waals surface area (Å²) >= 11 is 0. The summed E-state index contributed by atoms with van der Waals surface area (Å²) in [6.45, 7) is 1.80. The van der Waals surface area contributed by atoms with Crippen LogP contribution < -0.4 is 5.32 Å². The van der Waals surface area contributed by atoms with Crippen LogP contribution in [0, 0.1) is 11.6 Å². The van der Waals surface area contributed by atoms with Crippen molar-refractivity contribution in [3.8, 4) is 0 Å². The van der Waals surface area contributed by atoms with Crippen molar-refractivity contribution in [2.45, 2.75) is 13.0 Å². The first-order chi connectivity index (χ1) is 9.08. The first kappa shape index (κ1) is 13.1. The summed E-state index contributed by atoms with van der Waals surface area (Å²) in [7, 11) is 0. The van der Waals surface area contributed by atoms with Crippen LogP contribution in [0.5, 0.6) is 0 Å². The standard InChI is InChI=1S/C14H12F2N2O/c1-9(10-4-6-17-7-5-10)18-14(19)11-2-3-12(15)13(16)8-11/h2-9H,1H3,(H,18,19)/t9-/m0/s1. The van der Waals surface area contributed by atoms with Crippen molar-refractivity contribution in [1.29, 1.82) is 0 Å². The number of carbonyl (C=O) groups is 1. The second-order valence-corrected chi connectivity index (χ2v) is 4.10. The second kappa shape index (κ2) is 5.56. The van der Waals surface area contributed by atoms with E-state index in [-0.39, 0.29) is 11.6 Å². The van der Waals surface area contributed by atoms with Crippen LogP contribution >= 0.6 is 0 Å². The molecule has 0 aliphatic carbocycles. The quantitative estimate of drug-likeness (QED) is 0.924. The zero-order chi connectivity index (χ0) is 13.8. The second-order valence-electron chi connectivity index (χ2n) is 4.10. The smallest absolute Gasteiger partial charge is 0.251 e. The summed E-state index contributed by atoms with van der Waals surface area (Å²) in [5, 5.41) is 2.70. The van der Waals surface area contributed by atoms with Gasteiger partial charge >= 0.3 is 0 Å². The fourth-order valence-electron chi connectivity index (χ4n) is 1.65. The monoisotopic (exact) mass is 262 g/mol. The van der Waals surface area contributed by atoms with Gasteiger partial charge in [-0.05, 0) is 42.8 Å². The Morgan fingerprint density at radius 2 is 1.84 bits per heavy atom. The molecular weight excluding hydrogens is 250 g/mol. The molecule has 0 spiro atoms. The molecule has 1 atom stereocenters. The Labute approximate surface area is 109 Å². The Morgan fingerprint density at radius 1 is 1.16 bits per heavy atom. The van der Waals surface area contributed by atoms with E-state index in [1.54, 1.807) is 31.5 Å². The van der Waals surface area contributed by atoms with E-state index >= 15 is 0 Å². The SMILES string of the molecule is C[C@H](NC(=O)c1ccc(F)c(F)c1)c1ccncc1. The largest absolute Gasteiger partial charge is 0.346 e. The van der Waals surface area contributed by atoms with Crippen LogP contribution in [0.15, 0.2) is 42.7 Å². The minimum absolute atomic E-state index is 0.0832. The highest BCUT2D eigenvalue weighted by Crippen LogP contribution is 2.13. The van der Waals surface area contributed by atoms with Crippen molar-refractivity contribution >= 4 is 5.91 Å². The van der Waals surface area contributed by atoms with Crippen molar-refractivity contribution in [2.75, 3.05) is 0 Å². The highest BCUT2D eigenvalue weighted by atomic mass is 19.2. The summed E-state index contributed by atoms with van der Waals surface area (Å²) in [6.07, 6.45) is 3.24. The Balaban J connectivity index is 2.11. The van der Waals surface area contributed by atoms with Gasteiger partial charge in [-0.3, -0.25) is 9.78 Å². The molecule has 2 aromatic rings. The first-order valence-corrected chi connectivity index (χ1v) is 5.74. The lowest BCUT2D eigenvalue weighted by atomic mass is 10.1. The van der Waals surface area contributed by atoms with Crippen LogP contribution in [0.1, 0.15) is 28.9 Å². The lowest BCUT2D eigenvalue weighted by Crippen LogP contribution is -2.26. The number of hydrogen-bond acceptors (Lipinski definition) is 2. The summed E-state index contributed by atoms with van der Waals surface area (Å²) in [5.74, 6) is -2.47. The average Bonchev–Trinajstić information content (AvgIpc) is 2.42. The van der Waals surface area contributed by atoms with Crippen LogP contribution in [0.4, 0.5) is 8.78 Å². The van der Waals surface area contributed by atoms with Crippen molar-refractivity contribution in [3.63, 3.8) is 0 Å². The maximum atomic E-state index is 13.0. The molecule has 1 amide bonds. The van der Waals surface area contributed by atoms with Crippen LogP contribution in [0.3, 0.4) is 0 Å². The van der Waals surface area contributed by atoms with Crippen LogP contribution in [-0.4, -0.2) is 10.9 Å². The number of amides is 1. The van der Waals surface area contributed by atoms with E-state index in [0.29, 0.717) is 0 Å². The molecular formula is C14H12F2N2O. The number of halogens is 2. The van der Waals surface area contributed by atoms with Gasteiger partial charge in [-0.25, -0.2) is 8.78 Å². The number of benzene rings is 1. The third kappa shape index (κ3) is 3.13. The Morgan fingerprint density at radius 3 is 2.47 bits per heavy atom. The van der Waals surface area contributed by atoms with Crippen molar-refractivity contribution in [1.82, 2.24) is 10.3 Å². The molecule has 0 unspecified atom stereocenters. The van der Waals surface area contributed by atoms with Gasteiger partial charge in [0.1, 0.15) is 0 Å². The molecule has 0 fully saturated rings. The molecule has 0 saturated heterocycles. The van der Waals surface area contributed by atoms with E-state index in [4.69, 9.17) is 0 Å². The predicted molar refractivity (Wildman–Crippen MR) is 66.5 cm³/mol. The molecule has 1 aromatic heterocycles. The highest BCUT2D eigenvalue weighted by molar-refractivity contribution is 5.94. The van der Waals surface area contributed by atoms with Gasteiger partial charge in [0, 0.05) is 18.0 Å². The normalized spacial score (nSPS) is 11.9. The summed E-state index contributed by atoms with van der Waals surface area (Å²) in [4.78, 5) is 15.8. The molecule has 0 saturated carbocycles. The molecule has 19 heavy (non-hydrogen) atoms. The highest BCUT2D eigenvalue weighted by Gasteiger charge is 2.13. The minimum atomic E-state index is -1.04. The van der Waals surface area contributed by atoms with E-state index in [1.807, 2.05) is 0 Å². The van der Waals surface area contributed by atoms with Gasteiger partial charge in [-0.2, -0.15) is 0 Å².